The van der Waals surface area contributed by atoms with Gasteiger partial charge in [-0.15, -0.1) is 0 Å². The molecule has 0 spiro atoms. The molecule has 1 unspecified atom stereocenters. The van der Waals surface area contributed by atoms with Crippen molar-refractivity contribution in [2.45, 2.75) is 0 Å². The number of methoxy groups -OCH3 is 1. The van der Waals surface area contributed by atoms with Crippen molar-refractivity contribution in [1.82, 2.24) is 0 Å². The Hall–Kier alpha value is -1.07. The van der Waals surface area contributed by atoms with Crippen molar-refractivity contribution >= 4 is 32.7 Å². The van der Waals surface area contributed by atoms with Crippen LogP contribution in [-0.2, 0) is 19.8 Å². The van der Waals surface area contributed by atoms with Gasteiger partial charge < -0.3 is 4.74 Å². The zero-order valence-corrected chi connectivity index (χ0v) is 8.80. The Kier molecular flexibility index (Phi) is 3.49. The van der Waals surface area contributed by atoms with E-state index in [4.69, 9.17) is 11.6 Å². The predicted octanol–water partition coefficient (Wildman–Crippen LogP) is 0.520. The Balaban J connectivity index is 3.23. The number of carbonyl (C=O) groups excluding carboxylic acids is 1. The molecule has 4 nitrogen and oxygen atoms in total. The lowest BCUT2D eigenvalue weighted by molar-refractivity contribution is -0.141. The van der Waals surface area contributed by atoms with Crippen molar-refractivity contribution in [3.8, 4) is 0 Å². The first-order valence-corrected chi connectivity index (χ1v) is 5.11. The molecule has 0 saturated heterocycles. The summed E-state index contributed by atoms with van der Waals surface area (Å²) in [6.45, 7) is 0. The molecule has 0 bridgehead atoms. The van der Waals surface area contributed by atoms with E-state index in [0.29, 0.717) is 0 Å². The molecule has 1 rings (SSSR count). The van der Waals surface area contributed by atoms with Gasteiger partial charge in [-0.3, -0.25) is 4.79 Å². The number of carbonyl (C=O) groups is 1. The van der Waals surface area contributed by atoms with Gasteiger partial charge in [0.05, 0.1) is 12.1 Å². The van der Waals surface area contributed by atoms with E-state index in [1.165, 1.54) is 25.3 Å². The van der Waals surface area contributed by atoms with Crippen LogP contribution >= 0.6 is 11.6 Å². The van der Waals surface area contributed by atoms with E-state index in [-0.39, 0.29) is 9.90 Å². The zero-order valence-electron chi connectivity index (χ0n) is 7.23. The summed E-state index contributed by atoms with van der Waals surface area (Å²) >= 11 is 5.65. The van der Waals surface area contributed by atoms with Crippen LogP contribution < -0.4 is 0 Å². The molecular weight excluding hydrogens is 228 g/mol. The van der Waals surface area contributed by atoms with Crippen LogP contribution in [0.15, 0.2) is 23.3 Å². The fourth-order valence-corrected chi connectivity index (χ4v) is 2.05. The van der Waals surface area contributed by atoms with E-state index in [2.05, 4.69) is 4.74 Å². The van der Waals surface area contributed by atoms with Crippen molar-refractivity contribution in [3.63, 3.8) is 0 Å². The van der Waals surface area contributed by atoms with Gasteiger partial charge in [-0.25, -0.2) is 0 Å². The van der Waals surface area contributed by atoms with Crippen LogP contribution in [0.3, 0.4) is 0 Å². The van der Waals surface area contributed by atoms with Crippen LogP contribution in [-0.4, -0.2) is 26.4 Å². The Bertz CT molecular complexity index is 436. The molecule has 1 aliphatic carbocycles. The largest absolute Gasteiger partial charge is 0.468 e. The molecule has 0 saturated carbocycles. The first kappa shape index (κ1) is 11.0. The molecule has 14 heavy (non-hydrogen) atoms. The minimum atomic E-state index is -2.52. The molecule has 0 amide bonds. The summed E-state index contributed by atoms with van der Waals surface area (Å²) in [4.78, 5) is 11.0. The van der Waals surface area contributed by atoms with E-state index in [1.807, 2.05) is 0 Å². The van der Waals surface area contributed by atoms with Gasteiger partial charge >= 0.3 is 5.97 Å². The second-order valence-corrected chi connectivity index (χ2v) is 3.82. The van der Waals surface area contributed by atoms with Gasteiger partial charge in [-0.1, -0.05) is 23.8 Å². The van der Waals surface area contributed by atoms with Crippen LogP contribution in [0.25, 0.3) is 0 Å². The number of esters is 1. The highest BCUT2D eigenvalue weighted by atomic mass is 35.5. The molecule has 0 fully saturated rings. The second kappa shape index (κ2) is 4.43. The van der Waals surface area contributed by atoms with Gasteiger partial charge in [-0.05, 0) is 6.08 Å². The quantitative estimate of drug-likeness (QED) is 0.490. The molecular formula is C8H7ClO4S. The molecule has 0 aliphatic heterocycles. The number of rotatable bonds is 1. The molecule has 1 aliphatic rings. The summed E-state index contributed by atoms with van der Waals surface area (Å²) in [7, 11) is -1.33. The number of halogens is 1. The molecule has 0 aromatic rings. The molecule has 0 aromatic carbocycles. The molecule has 76 valence electrons. The molecule has 0 aromatic heterocycles. The summed E-state index contributed by atoms with van der Waals surface area (Å²) in [5.74, 6) is -1.58. The molecule has 1 atom stereocenters. The highest BCUT2D eigenvalue weighted by Crippen LogP contribution is 2.19. The normalized spacial score (nSPS) is 20.3. The van der Waals surface area contributed by atoms with E-state index in [9.17, 15) is 13.2 Å². The van der Waals surface area contributed by atoms with Crippen LogP contribution in [0.2, 0.25) is 0 Å². The minimum absolute atomic E-state index is 0.0382. The average Bonchev–Trinajstić information content (AvgIpc) is 2.15. The maximum absolute atomic E-state index is 11.2. The summed E-state index contributed by atoms with van der Waals surface area (Å²) in [6.07, 6.45) is 4.34. The highest BCUT2D eigenvalue weighted by molar-refractivity contribution is 7.73. The van der Waals surface area contributed by atoms with Gasteiger partial charge in [0.1, 0.15) is 10.8 Å². The topological polar surface area (TPSA) is 60.4 Å². The standard InChI is InChI=1S/C8H7ClO4S/c1-13-8(10)5-3-2-4-6(9)7(5)14(11)12/h2-5H,1H3. The average molecular weight is 235 g/mol. The third-order valence-electron chi connectivity index (χ3n) is 1.70. The van der Waals surface area contributed by atoms with Crippen molar-refractivity contribution < 1.29 is 17.9 Å². The number of hydrogen-bond acceptors (Lipinski definition) is 4. The Morgan fingerprint density at radius 1 is 1.57 bits per heavy atom. The summed E-state index contributed by atoms with van der Waals surface area (Å²) in [5.41, 5.74) is 0. The van der Waals surface area contributed by atoms with E-state index in [0.717, 1.165) is 0 Å². The van der Waals surface area contributed by atoms with Crippen LogP contribution in [0, 0.1) is 5.92 Å². The minimum Gasteiger partial charge on any atom is -0.468 e. The van der Waals surface area contributed by atoms with E-state index in [1.54, 1.807) is 0 Å². The van der Waals surface area contributed by atoms with Gasteiger partial charge in [0.15, 0.2) is 0 Å². The van der Waals surface area contributed by atoms with Crippen LogP contribution in [0.5, 0.6) is 0 Å². The lowest BCUT2D eigenvalue weighted by Crippen LogP contribution is -2.26. The SMILES string of the molecule is COC(=O)C1C=CC=C(Cl)C1=S(=O)=O. The van der Waals surface area contributed by atoms with Gasteiger partial charge in [-0.2, -0.15) is 8.42 Å². The van der Waals surface area contributed by atoms with Crippen molar-refractivity contribution in [3.05, 3.63) is 23.3 Å². The number of hydrogen-bond donors (Lipinski definition) is 0. The maximum Gasteiger partial charge on any atom is 0.318 e. The summed E-state index contributed by atoms with van der Waals surface area (Å²) < 4.78 is 26.0. The molecule has 0 heterocycles. The zero-order chi connectivity index (χ0) is 10.7. The van der Waals surface area contributed by atoms with Crippen molar-refractivity contribution in [2.24, 2.45) is 5.92 Å². The lowest BCUT2D eigenvalue weighted by Gasteiger charge is -2.12. The number of allylic oxidation sites excluding steroid dienone is 3. The Morgan fingerprint density at radius 3 is 2.71 bits per heavy atom. The molecule has 0 N–H and O–H groups in total. The maximum atomic E-state index is 11.2. The van der Waals surface area contributed by atoms with Gasteiger partial charge in [0.25, 0.3) is 0 Å². The van der Waals surface area contributed by atoms with E-state index < -0.39 is 22.2 Å². The second-order valence-electron chi connectivity index (χ2n) is 2.50. The smallest absolute Gasteiger partial charge is 0.318 e. The van der Waals surface area contributed by atoms with E-state index >= 15 is 0 Å². The van der Waals surface area contributed by atoms with Crippen LogP contribution in [0.1, 0.15) is 0 Å². The first-order valence-electron chi connectivity index (χ1n) is 3.66. The molecule has 0 radical (unpaired) electrons. The fraction of sp³-hybridized carbons (Fsp3) is 0.250. The van der Waals surface area contributed by atoms with Crippen molar-refractivity contribution in [1.29, 1.82) is 0 Å². The Labute approximate surface area is 87.3 Å². The monoisotopic (exact) mass is 234 g/mol. The lowest BCUT2D eigenvalue weighted by atomic mass is 10.0. The number of ether oxygens (including phenoxy) is 1. The van der Waals surface area contributed by atoms with Crippen LogP contribution in [0.4, 0.5) is 0 Å². The summed E-state index contributed by atoms with van der Waals surface area (Å²) in [5, 5.41) is 0.0382. The third-order valence-corrected chi connectivity index (χ3v) is 2.97. The van der Waals surface area contributed by atoms with Gasteiger partial charge in [0.2, 0.25) is 10.3 Å². The van der Waals surface area contributed by atoms with Gasteiger partial charge in [0, 0.05) is 0 Å². The molecule has 6 heteroatoms. The van der Waals surface area contributed by atoms with Crippen molar-refractivity contribution in [2.75, 3.05) is 7.11 Å². The fourth-order valence-electron chi connectivity index (χ4n) is 1.07. The third kappa shape index (κ3) is 2.05. The summed E-state index contributed by atoms with van der Waals surface area (Å²) in [6, 6.07) is 0. The highest BCUT2D eigenvalue weighted by Gasteiger charge is 2.27. The Morgan fingerprint density at radius 2 is 2.21 bits per heavy atom. The predicted molar refractivity (Wildman–Crippen MR) is 52.5 cm³/mol. The first-order chi connectivity index (χ1) is 6.57.